The van der Waals surface area contributed by atoms with Crippen LogP contribution in [-0.2, 0) is 4.74 Å². The summed E-state index contributed by atoms with van der Waals surface area (Å²) >= 11 is 0.986. The van der Waals surface area contributed by atoms with Crippen molar-refractivity contribution in [3.63, 3.8) is 0 Å². The van der Waals surface area contributed by atoms with Crippen molar-refractivity contribution >= 4 is 32.7 Å². The van der Waals surface area contributed by atoms with E-state index in [1.165, 1.54) is 4.43 Å². The highest BCUT2D eigenvalue weighted by molar-refractivity contribution is 6.32. The van der Waals surface area contributed by atoms with Crippen molar-refractivity contribution in [3.05, 3.63) is 29.8 Å². The van der Waals surface area contributed by atoms with Gasteiger partial charge in [0, 0.05) is 31.7 Å². The fourth-order valence-electron chi connectivity index (χ4n) is 2.30. The Bertz CT molecular complexity index is 544. The van der Waals surface area contributed by atoms with Crippen LogP contribution in [0, 0.1) is 0 Å². The SMILES string of the molecule is CC(C)(C)OC(=O)N1CCN(C(=O)c2cc[c]([AlH2])cc2)CC1. The topological polar surface area (TPSA) is 49.9 Å². The van der Waals surface area contributed by atoms with E-state index in [-0.39, 0.29) is 12.0 Å². The van der Waals surface area contributed by atoms with Crippen molar-refractivity contribution in [1.82, 2.24) is 9.80 Å². The summed E-state index contributed by atoms with van der Waals surface area (Å²) in [5.74, 6) is 0.0329. The third-order valence-electron chi connectivity index (χ3n) is 3.52. The number of hydrogen-bond acceptors (Lipinski definition) is 3. The summed E-state index contributed by atoms with van der Waals surface area (Å²) in [7, 11) is 0. The van der Waals surface area contributed by atoms with Gasteiger partial charge in [-0.25, -0.2) is 4.79 Å². The zero-order valence-electron chi connectivity index (χ0n) is 13.8. The second kappa shape index (κ2) is 6.72. The second-order valence-electron chi connectivity index (χ2n) is 6.63. The summed E-state index contributed by atoms with van der Waals surface area (Å²) in [4.78, 5) is 27.9. The quantitative estimate of drug-likeness (QED) is 0.714. The van der Waals surface area contributed by atoms with Crippen LogP contribution in [0.25, 0.3) is 0 Å². The molecule has 0 saturated carbocycles. The van der Waals surface area contributed by atoms with Crippen LogP contribution in [0.2, 0.25) is 0 Å². The number of hydrogen-bond donors (Lipinski definition) is 0. The van der Waals surface area contributed by atoms with Gasteiger partial charge >= 0.3 is 6.09 Å². The maximum Gasteiger partial charge on any atom is 0.410 e. The lowest BCUT2D eigenvalue weighted by Gasteiger charge is -2.35. The molecule has 0 spiro atoms. The smallest absolute Gasteiger partial charge is 0.410 e. The summed E-state index contributed by atoms with van der Waals surface area (Å²) in [5.41, 5.74) is 0.222. The molecule has 1 fully saturated rings. The minimum atomic E-state index is -0.491. The Morgan fingerprint density at radius 3 is 2.00 bits per heavy atom. The number of ether oxygens (including phenoxy) is 1. The van der Waals surface area contributed by atoms with E-state index in [2.05, 4.69) is 0 Å². The molecule has 2 rings (SSSR count). The van der Waals surface area contributed by atoms with Crippen LogP contribution in [0.1, 0.15) is 31.1 Å². The minimum absolute atomic E-state index is 0.0329. The van der Waals surface area contributed by atoms with Crippen LogP contribution in [0.3, 0.4) is 0 Å². The average molecular weight is 318 g/mol. The van der Waals surface area contributed by atoms with E-state index in [1.54, 1.807) is 9.80 Å². The molecule has 1 aromatic rings. The second-order valence-corrected chi connectivity index (χ2v) is 7.78. The predicted molar refractivity (Wildman–Crippen MR) is 88.3 cm³/mol. The molecule has 1 aliphatic rings. The Morgan fingerprint density at radius 2 is 1.50 bits per heavy atom. The largest absolute Gasteiger partial charge is 0.444 e. The normalized spacial score (nSPS) is 15.6. The molecule has 22 heavy (non-hydrogen) atoms. The standard InChI is InChI=1S/C16H21N2O3.Al.2H/c1-16(2,3)21-15(20)18-11-9-17(10-12-18)14(19)13-7-5-4-6-8-13;;;/h5-8H,9-12H2,1-3H3;;;. The molecule has 0 bridgehead atoms. The van der Waals surface area contributed by atoms with Crippen molar-refractivity contribution < 1.29 is 14.3 Å². The first-order valence-electron chi connectivity index (χ1n) is 7.60. The van der Waals surface area contributed by atoms with Gasteiger partial charge in [-0.1, -0.05) is 24.3 Å². The van der Waals surface area contributed by atoms with E-state index in [0.717, 1.165) is 16.3 Å². The maximum atomic E-state index is 12.4. The van der Waals surface area contributed by atoms with Gasteiger partial charge in [-0.2, -0.15) is 0 Å². The highest BCUT2D eigenvalue weighted by Gasteiger charge is 2.27. The van der Waals surface area contributed by atoms with Gasteiger partial charge in [0.1, 0.15) is 5.60 Å². The Labute approximate surface area is 139 Å². The molecule has 118 valence electrons. The molecule has 0 atom stereocenters. The Kier molecular flexibility index (Phi) is 5.15. The third-order valence-corrected chi connectivity index (χ3v) is 4.18. The highest BCUT2D eigenvalue weighted by atomic mass is 27.0. The van der Waals surface area contributed by atoms with Crippen LogP contribution < -0.4 is 4.43 Å². The number of carbonyl (C=O) groups excluding carboxylic acids is 2. The number of benzene rings is 1. The lowest BCUT2D eigenvalue weighted by atomic mass is 10.2. The highest BCUT2D eigenvalue weighted by Crippen LogP contribution is 2.13. The fraction of sp³-hybridized carbons (Fsp3) is 0.500. The zero-order chi connectivity index (χ0) is 16.3. The first kappa shape index (κ1) is 16.9. The Hall–Kier alpha value is -1.51. The lowest BCUT2D eigenvalue weighted by molar-refractivity contribution is 0.0141. The summed E-state index contributed by atoms with van der Waals surface area (Å²) in [6, 6.07) is 7.75. The van der Waals surface area contributed by atoms with Crippen molar-refractivity contribution in [1.29, 1.82) is 0 Å². The third kappa shape index (κ3) is 4.49. The van der Waals surface area contributed by atoms with E-state index in [1.807, 2.05) is 45.0 Å². The van der Waals surface area contributed by atoms with Gasteiger partial charge in [0.2, 0.25) is 0 Å². The molecule has 6 heteroatoms. The molecule has 0 aliphatic carbocycles. The Morgan fingerprint density at radius 1 is 1.00 bits per heavy atom. The van der Waals surface area contributed by atoms with Crippen LogP contribution in [0.15, 0.2) is 24.3 Å². The van der Waals surface area contributed by atoms with Gasteiger partial charge in [0.25, 0.3) is 22.2 Å². The van der Waals surface area contributed by atoms with Crippen molar-refractivity contribution in [2.75, 3.05) is 26.2 Å². The molecule has 1 saturated heterocycles. The zero-order valence-corrected chi connectivity index (χ0v) is 15.8. The van der Waals surface area contributed by atoms with Crippen LogP contribution >= 0.6 is 0 Å². The lowest BCUT2D eigenvalue weighted by Crippen LogP contribution is -2.51. The van der Waals surface area contributed by atoms with Gasteiger partial charge in [0.15, 0.2) is 0 Å². The Balaban J connectivity index is 1.90. The number of amides is 2. The fourth-order valence-corrected chi connectivity index (χ4v) is 2.63. The van der Waals surface area contributed by atoms with Gasteiger partial charge in [-0.3, -0.25) is 4.79 Å². The maximum absolute atomic E-state index is 12.4. The van der Waals surface area contributed by atoms with Crippen LogP contribution in [0.4, 0.5) is 4.79 Å². The van der Waals surface area contributed by atoms with Crippen molar-refractivity contribution in [2.45, 2.75) is 26.4 Å². The summed E-state index contributed by atoms with van der Waals surface area (Å²) in [6.07, 6.45) is -0.306. The summed E-state index contributed by atoms with van der Waals surface area (Å²) in [5, 5.41) is 0. The van der Waals surface area contributed by atoms with Gasteiger partial charge in [0.05, 0.1) is 0 Å². The molecule has 0 radical (unpaired) electrons. The summed E-state index contributed by atoms with van der Waals surface area (Å²) < 4.78 is 6.63. The minimum Gasteiger partial charge on any atom is -0.444 e. The predicted octanol–water partition coefficient (Wildman–Crippen LogP) is 0.638. The average Bonchev–Trinajstić information content (AvgIpc) is 2.46. The number of carbonyl (C=O) groups is 2. The van der Waals surface area contributed by atoms with Gasteiger partial charge in [-0.15, -0.1) is 4.43 Å². The summed E-state index contributed by atoms with van der Waals surface area (Å²) in [6.45, 7) is 7.67. The number of rotatable bonds is 1. The number of nitrogens with zero attached hydrogens (tertiary/aromatic N) is 2. The molecule has 2 amide bonds. The molecule has 0 unspecified atom stereocenters. The van der Waals surface area contributed by atoms with E-state index >= 15 is 0 Å². The molecule has 5 nitrogen and oxygen atoms in total. The first-order valence-corrected chi connectivity index (χ1v) is 8.60. The molecule has 1 heterocycles. The van der Waals surface area contributed by atoms with E-state index in [0.29, 0.717) is 31.7 Å². The van der Waals surface area contributed by atoms with Gasteiger partial charge < -0.3 is 14.5 Å². The number of piperazine rings is 1. The molecule has 1 aliphatic heterocycles. The molecular weight excluding hydrogens is 295 g/mol. The van der Waals surface area contributed by atoms with E-state index in [4.69, 9.17) is 4.74 Å². The molecule has 1 aromatic carbocycles. The molecule has 0 N–H and O–H groups in total. The van der Waals surface area contributed by atoms with E-state index in [9.17, 15) is 9.59 Å². The monoisotopic (exact) mass is 318 g/mol. The van der Waals surface area contributed by atoms with Gasteiger partial charge in [-0.05, 0) is 20.8 Å². The van der Waals surface area contributed by atoms with E-state index < -0.39 is 5.60 Å². The first-order chi connectivity index (χ1) is 10.3. The van der Waals surface area contributed by atoms with Crippen molar-refractivity contribution in [3.8, 4) is 0 Å². The van der Waals surface area contributed by atoms with Crippen LogP contribution in [0.5, 0.6) is 0 Å². The molecule has 0 aromatic heterocycles. The van der Waals surface area contributed by atoms with Crippen molar-refractivity contribution in [2.24, 2.45) is 0 Å². The molecular formula is C16H23AlN2O3. The van der Waals surface area contributed by atoms with Crippen LogP contribution in [-0.4, -0.2) is 69.9 Å².